The summed E-state index contributed by atoms with van der Waals surface area (Å²) in [5.74, 6) is 1.33. The summed E-state index contributed by atoms with van der Waals surface area (Å²) in [7, 11) is 0. The number of ether oxygens (including phenoxy) is 2. The van der Waals surface area contributed by atoms with Gasteiger partial charge in [0.25, 0.3) is 0 Å². The number of anilines is 2. The Morgan fingerprint density at radius 2 is 1.84 bits per heavy atom. The van der Waals surface area contributed by atoms with Gasteiger partial charge in [0.1, 0.15) is 22.9 Å². The van der Waals surface area contributed by atoms with Crippen LogP contribution in [0.1, 0.15) is 33.3 Å². The lowest BCUT2D eigenvalue weighted by Gasteiger charge is -2.20. The average Bonchev–Trinajstić information content (AvgIpc) is 2.64. The van der Waals surface area contributed by atoms with Crippen LogP contribution in [0.3, 0.4) is 0 Å². The van der Waals surface area contributed by atoms with Gasteiger partial charge in [-0.05, 0) is 70.6 Å². The molecule has 2 amide bonds. The number of hydrogen-bond donors (Lipinski definition) is 3. The van der Waals surface area contributed by atoms with E-state index in [1.54, 1.807) is 52.0 Å². The molecule has 0 aliphatic carbocycles. The second-order valence-electron chi connectivity index (χ2n) is 7.54. The maximum atomic E-state index is 12.0. The molecule has 0 fully saturated rings. The summed E-state index contributed by atoms with van der Waals surface area (Å²) in [5.41, 5.74) is 0.814. The van der Waals surface area contributed by atoms with Gasteiger partial charge in [0.15, 0.2) is 5.11 Å². The number of carbonyl (C=O) groups excluding carboxylic acids is 1. The molecule has 0 spiro atoms. The van der Waals surface area contributed by atoms with Crippen molar-refractivity contribution in [1.29, 1.82) is 0 Å². The lowest BCUT2D eigenvalue weighted by atomic mass is 10.2. The highest BCUT2D eigenvalue weighted by molar-refractivity contribution is 7.80. The summed E-state index contributed by atoms with van der Waals surface area (Å²) in [5, 5.41) is 14.6. The quantitative estimate of drug-likeness (QED) is 0.536. The smallest absolute Gasteiger partial charge is 0.413 e. The fourth-order valence-corrected chi connectivity index (χ4v) is 2.72. The van der Waals surface area contributed by atoms with Gasteiger partial charge < -0.3 is 19.9 Å². The van der Waals surface area contributed by atoms with Crippen LogP contribution >= 0.6 is 12.2 Å². The fraction of sp³-hybridized carbons (Fsp3) is 0.333. The molecule has 1 heterocycles. The zero-order valence-electron chi connectivity index (χ0n) is 18.1. The molecule has 1 aromatic carbocycles. The number of pyridine rings is 1. The SMILES string of the molecule is CCN(C(=O)O)C(=S)Nc1ccc(Oc2ccc(C)c(NC(=O)OC(C)(C)C)c2)cn1. The van der Waals surface area contributed by atoms with Gasteiger partial charge in [-0.2, -0.15) is 0 Å². The molecule has 3 N–H and O–H groups in total. The highest BCUT2D eigenvalue weighted by atomic mass is 32.1. The zero-order chi connectivity index (χ0) is 23.2. The third-order valence-corrected chi connectivity index (χ3v) is 4.17. The van der Waals surface area contributed by atoms with E-state index in [2.05, 4.69) is 15.6 Å². The summed E-state index contributed by atoms with van der Waals surface area (Å²) >= 11 is 5.08. The van der Waals surface area contributed by atoms with Crippen molar-refractivity contribution in [3.8, 4) is 11.5 Å². The van der Waals surface area contributed by atoms with Gasteiger partial charge in [0, 0.05) is 12.6 Å². The molecular formula is C21H26N4O5S. The number of rotatable bonds is 5. The molecular weight excluding hydrogens is 420 g/mol. The Kier molecular flexibility index (Phi) is 7.76. The van der Waals surface area contributed by atoms with Crippen LogP contribution in [-0.4, -0.2) is 44.4 Å². The Labute approximate surface area is 186 Å². The van der Waals surface area contributed by atoms with E-state index in [-0.39, 0.29) is 11.7 Å². The largest absolute Gasteiger partial charge is 0.465 e. The zero-order valence-corrected chi connectivity index (χ0v) is 18.9. The van der Waals surface area contributed by atoms with Crippen molar-refractivity contribution in [2.24, 2.45) is 0 Å². The predicted molar refractivity (Wildman–Crippen MR) is 122 cm³/mol. The molecule has 31 heavy (non-hydrogen) atoms. The molecule has 0 unspecified atom stereocenters. The Balaban J connectivity index is 2.05. The monoisotopic (exact) mass is 446 g/mol. The van der Waals surface area contributed by atoms with Gasteiger partial charge >= 0.3 is 12.2 Å². The molecule has 0 atom stereocenters. The number of amides is 2. The summed E-state index contributed by atoms with van der Waals surface area (Å²) in [4.78, 5) is 28.4. The molecule has 0 saturated heterocycles. The summed E-state index contributed by atoms with van der Waals surface area (Å²) < 4.78 is 11.1. The predicted octanol–water partition coefficient (Wildman–Crippen LogP) is 5.23. The Morgan fingerprint density at radius 1 is 1.16 bits per heavy atom. The molecule has 2 aromatic rings. The molecule has 2 rings (SSSR count). The summed E-state index contributed by atoms with van der Waals surface area (Å²) in [6.07, 6.45) is -0.221. The number of carbonyl (C=O) groups is 2. The van der Waals surface area contributed by atoms with E-state index < -0.39 is 17.8 Å². The van der Waals surface area contributed by atoms with Crippen LogP contribution < -0.4 is 15.4 Å². The number of aromatic nitrogens is 1. The van der Waals surface area contributed by atoms with E-state index >= 15 is 0 Å². The van der Waals surface area contributed by atoms with Gasteiger partial charge in [-0.15, -0.1) is 0 Å². The number of hydrogen-bond acceptors (Lipinski definition) is 6. The number of thiocarbonyl (C=S) groups is 1. The Bertz CT molecular complexity index is 957. The topological polar surface area (TPSA) is 113 Å². The second kappa shape index (κ2) is 10.1. The molecule has 1 aromatic heterocycles. The third-order valence-electron chi connectivity index (χ3n) is 3.84. The highest BCUT2D eigenvalue weighted by Gasteiger charge is 2.17. The molecule has 0 saturated carbocycles. The van der Waals surface area contributed by atoms with Crippen LogP contribution in [0, 0.1) is 6.92 Å². The van der Waals surface area contributed by atoms with Crippen molar-refractivity contribution < 1.29 is 24.2 Å². The molecule has 9 nitrogen and oxygen atoms in total. The molecule has 0 bridgehead atoms. The first kappa shape index (κ1) is 23.9. The van der Waals surface area contributed by atoms with Crippen molar-refractivity contribution >= 4 is 41.0 Å². The first-order valence-corrected chi connectivity index (χ1v) is 9.95. The minimum Gasteiger partial charge on any atom is -0.465 e. The fourth-order valence-electron chi connectivity index (χ4n) is 2.41. The standard InChI is InChI=1S/C21H26N4O5S/c1-6-25(20(27)28)18(31)24-17-10-9-15(12-22-17)29-14-8-7-13(2)16(11-14)23-19(26)30-21(3,4)5/h7-12H,6H2,1-5H3,(H,23,26)(H,27,28)(H,22,24,31). The first-order chi connectivity index (χ1) is 14.5. The number of nitrogens with zero attached hydrogens (tertiary/aromatic N) is 2. The number of carboxylic acid groups (broad SMARTS) is 1. The van der Waals surface area contributed by atoms with Crippen LogP contribution in [-0.2, 0) is 4.74 Å². The van der Waals surface area contributed by atoms with Crippen LogP contribution in [0.4, 0.5) is 21.1 Å². The van der Waals surface area contributed by atoms with Crippen LogP contribution in [0.25, 0.3) is 0 Å². The summed E-state index contributed by atoms with van der Waals surface area (Å²) in [6, 6.07) is 8.55. The van der Waals surface area contributed by atoms with Crippen molar-refractivity contribution in [1.82, 2.24) is 9.88 Å². The van der Waals surface area contributed by atoms with Crippen LogP contribution in [0.15, 0.2) is 36.5 Å². The minimum atomic E-state index is -1.14. The maximum absolute atomic E-state index is 12.0. The van der Waals surface area contributed by atoms with E-state index in [1.165, 1.54) is 6.20 Å². The van der Waals surface area contributed by atoms with Gasteiger partial charge in [0.2, 0.25) is 0 Å². The lowest BCUT2D eigenvalue weighted by Crippen LogP contribution is -2.38. The minimum absolute atomic E-state index is 0.0348. The highest BCUT2D eigenvalue weighted by Crippen LogP contribution is 2.27. The van der Waals surface area contributed by atoms with E-state index in [4.69, 9.17) is 26.8 Å². The molecule has 10 heteroatoms. The van der Waals surface area contributed by atoms with E-state index in [9.17, 15) is 9.59 Å². The van der Waals surface area contributed by atoms with Crippen LogP contribution in [0.2, 0.25) is 0 Å². The van der Waals surface area contributed by atoms with Gasteiger partial charge in [-0.25, -0.2) is 14.6 Å². The van der Waals surface area contributed by atoms with E-state index in [1.807, 2.05) is 13.0 Å². The second-order valence-corrected chi connectivity index (χ2v) is 7.93. The Morgan fingerprint density at radius 3 is 2.39 bits per heavy atom. The van der Waals surface area contributed by atoms with Crippen molar-refractivity contribution in [3.63, 3.8) is 0 Å². The van der Waals surface area contributed by atoms with Crippen molar-refractivity contribution in [3.05, 3.63) is 42.1 Å². The number of aryl methyl sites for hydroxylation is 1. The third kappa shape index (κ3) is 7.41. The molecule has 166 valence electrons. The molecule has 0 aliphatic heterocycles. The molecule has 0 aliphatic rings. The number of nitrogens with one attached hydrogen (secondary N) is 2. The van der Waals surface area contributed by atoms with Crippen molar-refractivity contribution in [2.75, 3.05) is 17.2 Å². The van der Waals surface area contributed by atoms with Crippen LogP contribution in [0.5, 0.6) is 11.5 Å². The van der Waals surface area contributed by atoms with Crippen molar-refractivity contribution in [2.45, 2.75) is 40.2 Å². The number of benzene rings is 1. The Hall–Kier alpha value is -3.40. The average molecular weight is 447 g/mol. The van der Waals surface area contributed by atoms with Gasteiger partial charge in [0.05, 0.1) is 11.9 Å². The first-order valence-electron chi connectivity index (χ1n) is 9.54. The van der Waals surface area contributed by atoms with E-state index in [0.29, 0.717) is 23.0 Å². The maximum Gasteiger partial charge on any atom is 0.413 e. The summed E-state index contributed by atoms with van der Waals surface area (Å²) in [6.45, 7) is 9.13. The van der Waals surface area contributed by atoms with E-state index in [0.717, 1.165) is 10.5 Å². The normalized spacial score (nSPS) is 10.7. The lowest BCUT2D eigenvalue weighted by molar-refractivity contribution is 0.0635. The van der Waals surface area contributed by atoms with Gasteiger partial charge in [-0.3, -0.25) is 10.2 Å². The van der Waals surface area contributed by atoms with Gasteiger partial charge in [-0.1, -0.05) is 6.07 Å². The molecule has 0 radical (unpaired) electrons.